The van der Waals surface area contributed by atoms with Crippen molar-refractivity contribution < 1.29 is 43.3 Å². The summed E-state index contributed by atoms with van der Waals surface area (Å²) in [6.45, 7) is 9.33. The van der Waals surface area contributed by atoms with E-state index in [1.165, 1.54) is 36.6 Å². The fourth-order valence-corrected chi connectivity index (χ4v) is 4.45. The zero-order chi connectivity index (χ0) is 33.5. The molecule has 0 amide bonds. The van der Waals surface area contributed by atoms with Crippen LogP contribution in [0.5, 0.6) is 0 Å². The normalized spacial score (nSPS) is 12.4. The molecule has 15 heteroatoms. The number of carbonyl (C=O) groups is 3. The van der Waals surface area contributed by atoms with E-state index >= 15 is 0 Å². The molecule has 4 rings (SSSR count). The molecule has 45 heavy (non-hydrogen) atoms. The maximum Gasteiger partial charge on any atom is 0.341 e. The number of hydrogen-bond donors (Lipinski definition) is 6. The Kier molecular flexibility index (Phi) is 11.7. The minimum Gasteiger partial charge on any atom is -0.479 e. The first kappa shape index (κ1) is 35.0. The lowest BCUT2D eigenvalue weighted by atomic mass is 9.92. The molecule has 0 fully saturated rings. The molecule has 242 valence electrons. The number of hydrogen-bond acceptors (Lipinski definition) is 10. The summed E-state index contributed by atoms with van der Waals surface area (Å²) in [5.74, 6) is -1.86. The molecule has 2 atom stereocenters. The van der Waals surface area contributed by atoms with E-state index in [0.29, 0.717) is 27.1 Å². The molecule has 2 unspecified atom stereocenters. The Morgan fingerprint density at radius 3 is 2.11 bits per heavy atom. The number of anilines is 2. The highest BCUT2D eigenvalue weighted by Crippen LogP contribution is 2.29. The van der Waals surface area contributed by atoms with Gasteiger partial charge in [0.15, 0.2) is 12.1 Å². The molecule has 3 heterocycles. The number of rotatable bonds is 11. The number of ether oxygens (including phenoxy) is 1. The van der Waals surface area contributed by atoms with Crippen molar-refractivity contribution in [3.8, 4) is 0 Å². The molecular weight excluding hydrogens is 631 g/mol. The van der Waals surface area contributed by atoms with Crippen molar-refractivity contribution in [2.24, 2.45) is 0 Å². The van der Waals surface area contributed by atoms with Crippen LogP contribution >= 0.6 is 23.2 Å². The van der Waals surface area contributed by atoms with Crippen LogP contribution in [0.15, 0.2) is 51.5 Å². The number of carboxylic acid groups (broad SMARTS) is 2. The number of aliphatic hydroxyl groups excluding tert-OH is 1. The first-order chi connectivity index (χ1) is 21.1. The number of aliphatic hydroxyl groups is 1. The Hall–Kier alpha value is -4.46. The Morgan fingerprint density at radius 2 is 1.60 bits per heavy atom. The fraction of sp³-hybridized carbons (Fsp3) is 0.333. The van der Waals surface area contributed by atoms with Gasteiger partial charge in [0.05, 0.1) is 19.5 Å². The van der Waals surface area contributed by atoms with Gasteiger partial charge < -0.3 is 39.5 Å². The molecule has 1 aromatic carbocycles. The summed E-state index contributed by atoms with van der Waals surface area (Å²) in [6, 6.07) is 6.93. The van der Waals surface area contributed by atoms with Crippen LogP contribution in [0, 0.1) is 6.92 Å². The SMILES string of the molecule is CC(C)(C)c1cc(NC(C(=O)O)c2cc(CO)co2)n[nH]1.CCOC(=O)c1cc(C(Nc2cc(Cl)cc(Cl)c2)C(=O)O)oc1C. The van der Waals surface area contributed by atoms with E-state index in [0.717, 1.165) is 5.69 Å². The van der Waals surface area contributed by atoms with Gasteiger partial charge in [0.2, 0.25) is 0 Å². The third-order valence-electron chi connectivity index (χ3n) is 6.20. The zero-order valence-corrected chi connectivity index (χ0v) is 26.6. The maximum atomic E-state index is 11.8. The molecule has 0 aliphatic rings. The molecule has 0 aliphatic heterocycles. The molecule has 0 saturated heterocycles. The second-order valence-electron chi connectivity index (χ2n) is 10.8. The first-order valence-corrected chi connectivity index (χ1v) is 14.3. The number of nitrogens with zero attached hydrogens (tertiary/aromatic N) is 1. The van der Waals surface area contributed by atoms with E-state index in [1.54, 1.807) is 19.9 Å². The average molecular weight is 666 g/mol. The van der Waals surface area contributed by atoms with Crippen molar-refractivity contribution in [1.82, 2.24) is 10.2 Å². The van der Waals surface area contributed by atoms with Crippen LogP contribution in [0.1, 0.15) is 78.7 Å². The monoisotopic (exact) mass is 664 g/mol. The van der Waals surface area contributed by atoms with Crippen molar-refractivity contribution in [1.29, 1.82) is 0 Å². The highest BCUT2D eigenvalue weighted by Gasteiger charge is 2.28. The minimum absolute atomic E-state index is 0.0687. The Morgan fingerprint density at radius 1 is 0.978 bits per heavy atom. The highest BCUT2D eigenvalue weighted by molar-refractivity contribution is 6.35. The van der Waals surface area contributed by atoms with Crippen LogP contribution in [0.25, 0.3) is 0 Å². The second kappa shape index (κ2) is 15.0. The number of esters is 1. The maximum absolute atomic E-state index is 11.8. The van der Waals surface area contributed by atoms with Gasteiger partial charge in [0.25, 0.3) is 0 Å². The van der Waals surface area contributed by atoms with Crippen LogP contribution < -0.4 is 10.6 Å². The largest absolute Gasteiger partial charge is 0.479 e. The number of aromatic amines is 1. The summed E-state index contributed by atoms with van der Waals surface area (Å²) in [7, 11) is 0. The molecule has 0 saturated carbocycles. The molecule has 13 nitrogen and oxygen atoms in total. The summed E-state index contributed by atoms with van der Waals surface area (Å²) in [6.07, 6.45) is 1.33. The molecule has 6 N–H and O–H groups in total. The van der Waals surface area contributed by atoms with Gasteiger partial charge >= 0.3 is 17.9 Å². The van der Waals surface area contributed by atoms with E-state index in [4.69, 9.17) is 41.9 Å². The van der Waals surface area contributed by atoms with Gasteiger partial charge in [-0.15, -0.1) is 0 Å². The summed E-state index contributed by atoms with van der Waals surface area (Å²) in [5, 5.41) is 41.0. The van der Waals surface area contributed by atoms with Crippen molar-refractivity contribution in [3.63, 3.8) is 0 Å². The van der Waals surface area contributed by atoms with Crippen molar-refractivity contribution in [2.75, 3.05) is 17.2 Å². The van der Waals surface area contributed by atoms with E-state index in [2.05, 4.69) is 20.8 Å². The number of nitrogens with one attached hydrogen (secondary N) is 3. The van der Waals surface area contributed by atoms with Crippen LogP contribution in [0.3, 0.4) is 0 Å². The van der Waals surface area contributed by atoms with Gasteiger partial charge in [0, 0.05) is 38.5 Å². The van der Waals surface area contributed by atoms with Crippen molar-refractivity contribution in [3.05, 3.63) is 86.8 Å². The average Bonchev–Trinajstić information content (AvgIpc) is 3.69. The predicted octanol–water partition coefficient (Wildman–Crippen LogP) is 6.34. The Labute approximate surface area is 268 Å². The van der Waals surface area contributed by atoms with Crippen molar-refractivity contribution in [2.45, 2.75) is 58.7 Å². The number of carboxylic acids is 2. The van der Waals surface area contributed by atoms with E-state index in [9.17, 15) is 24.6 Å². The summed E-state index contributed by atoms with van der Waals surface area (Å²) in [4.78, 5) is 34.8. The highest BCUT2D eigenvalue weighted by atomic mass is 35.5. The van der Waals surface area contributed by atoms with E-state index in [-0.39, 0.29) is 41.5 Å². The smallest absolute Gasteiger partial charge is 0.341 e. The molecule has 3 aromatic heterocycles. The lowest BCUT2D eigenvalue weighted by molar-refractivity contribution is -0.139. The van der Waals surface area contributed by atoms with Crippen molar-refractivity contribution >= 4 is 52.6 Å². The van der Waals surface area contributed by atoms with Crippen LogP contribution in [-0.4, -0.2) is 50.0 Å². The van der Waals surface area contributed by atoms with Gasteiger partial charge in [-0.1, -0.05) is 44.0 Å². The minimum atomic E-state index is -1.22. The molecule has 4 aromatic rings. The third-order valence-corrected chi connectivity index (χ3v) is 6.64. The third kappa shape index (κ3) is 9.51. The van der Waals surface area contributed by atoms with Gasteiger partial charge in [-0.2, -0.15) is 5.10 Å². The summed E-state index contributed by atoms with van der Waals surface area (Å²) >= 11 is 11.8. The lowest BCUT2D eigenvalue weighted by Crippen LogP contribution is -2.20. The molecule has 0 aliphatic carbocycles. The first-order valence-electron chi connectivity index (χ1n) is 13.6. The number of benzene rings is 1. The van der Waals surface area contributed by atoms with Gasteiger partial charge in [0.1, 0.15) is 28.7 Å². The Bertz CT molecular complexity index is 1620. The number of aryl methyl sites for hydroxylation is 1. The number of aromatic nitrogens is 2. The van der Waals surface area contributed by atoms with Gasteiger partial charge in [-0.05, 0) is 44.2 Å². The number of aliphatic carboxylic acids is 2. The number of H-pyrrole nitrogens is 1. The number of carbonyl (C=O) groups excluding carboxylic acids is 1. The molecule has 0 spiro atoms. The molecule has 0 bridgehead atoms. The molecule has 0 radical (unpaired) electrons. The molecular formula is C30H34Cl2N4O9. The predicted molar refractivity (Wildman–Crippen MR) is 166 cm³/mol. The summed E-state index contributed by atoms with van der Waals surface area (Å²) in [5.41, 5.74) is 1.90. The second-order valence-corrected chi connectivity index (χ2v) is 11.6. The fourth-order valence-electron chi connectivity index (χ4n) is 3.93. The number of halogens is 2. The van der Waals surface area contributed by atoms with Gasteiger partial charge in [-0.25, -0.2) is 14.4 Å². The van der Waals surface area contributed by atoms with Crippen LogP contribution in [0.2, 0.25) is 10.0 Å². The standard InChI is InChI=1S/C16H15Cl2NO5.C14H19N3O4/c1-3-23-16(22)12-7-13(24-8(12)2)14(15(20)21)19-11-5-9(17)4-10(18)6-11;1-14(2,3)10-5-11(17-16-10)15-12(13(19)20)9-4-8(6-18)7-21-9/h4-7,14,19H,3H2,1-2H3,(H,20,21);4-5,7,12,18H,6H2,1-3H3,(H,19,20)(H2,15,16,17). The van der Waals surface area contributed by atoms with E-state index in [1.807, 2.05) is 20.8 Å². The van der Waals surface area contributed by atoms with Crippen LogP contribution in [0.4, 0.5) is 11.5 Å². The zero-order valence-electron chi connectivity index (χ0n) is 25.1. The Balaban J connectivity index is 0.000000248. The quantitative estimate of drug-likeness (QED) is 0.0973. The summed E-state index contributed by atoms with van der Waals surface area (Å²) < 4.78 is 15.5. The lowest BCUT2D eigenvalue weighted by Gasteiger charge is -2.15. The van der Waals surface area contributed by atoms with Crippen LogP contribution in [-0.2, 0) is 26.3 Å². The topological polar surface area (TPSA) is 200 Å². The number of furan rings is 2. The van der Waals surface area contributed by atoms with Gasteiger partial charge in [-0.3, -0.25) is 5.10 Å². The van der Waals surface area contributed by atoms with E-state index < -0.39 is 30.0 Å².